The Kier molecular flexibility index (Phi) is 3.46. The summed E-state index contributed by atoms with van der Waals surface area (Å²) in [5, 5.41) is 6.62. The Morgan fingerprint density at radius 1 is 1.42 bits per heavy atom. The van der Waals surface area contributed by atoms with Gasteiger partial charge in [-0.05, 0) is 32.9 Å². The van der Waals surface area contributed by atoms with Crippen molar-refractivity contribution in [2.24, 2.45) is 0 Å². The minimum atomic E-state index is -0.556. The molecule has 0 fully saturated rings. The molecule has 7 heteroatoms. The molecule has 0 aliphatic heterocycles. The zero-order valence-corrected chi connectivity index (χ0v) is 11.0. The standard InChI is InChI=1S/C12H15N5O2/c1-12(2,3)19-11(18)16-9-5-4-6-14-10(9)17-8-13-7-15-17/h4-8H,1-3H3,(H,16,18). The number of carbonyl (C=O) groups excluding carboxylic acids is 1. The molecule has 0 aromatic carbocycles. The number of carbonyl (C=O) groups is 1. The molecule has 2 aromatic heterocycles. The molecule has 0 unspecified atom stereocenters. The quantitative estimate of drug-likeness (QED) is 0.894. The number of hydrogen-bond acceptors (Lipinski definition) is 5. The number of nitrogens with zero attached hydrogens (tertiary/aromatic N) is 4. The van der Waals surface area contributed by atoms with Crippen molar-refractivity contribution in [1.29, 1.82) is 0 Å². The van der Waals surface area contributed by atoms with E-state index in [1.54, 1.807) is 39.1 Å². The summed E-state index contributed by atoms with van der Waals surface area (Å²) in [5.41, 5.74) is -0.0538. The van der Waals surface area contributed by atoms with Gasteiger partial charge in [-0.1, -0.05) is 0 Å². The van der Waals surface area contributed by atoms with Gasteiger partial charge in [-0.2, -0.15) is 5.10 Å². The molecule has 7 nitrogen and oxygen atoms in total. The van der Waals surface area contributed by atoms with Crippen LogP contribution in [0.1, 0.15) is 20.8 Å². The van der Waals surface area contributed by atoms with Crippen LogP contribution in [-0.4, -0.2) is 31.4 Å². The lowest BCUT2D eigenvalue weighted by atomic mass is 10.2. The minimum absolute atomic E-state index is 0.478. The number of nitrogens with one attached hydrogen (secondary N) is 1. The van der Waals surface area contributed by atoms with E-state index in [0.717, 1.165) is 0 Å². The molecule has 0 spiro atoms. The molecule has 0 atom stereocenters. The predicted molar refractivity (Wildman–Crippen MR) is 69.0 cm³/mol. The largest absolute Gasteiger partial charge is 0.444 e. The van der Waals surface area contributed by atoms with Crippen molar-refractivity contribution in [3.8, 4) is 5.82 Å². The first-order valence-electron chi connectivity index (χ1n) is 5.76. The fourth-order valence-electron chi connectivity index (χ4n) is 1.41. The van der Waals surface area contributed by atoms with Crippen LogP contribution in [0.15, 0.2) is 31.0 Å². The van der Waals surface area contributed by atoms with E-state index in [0.29, 0.717) is 11.5 Å². The second kappa shape index (κ2) is 5.05. The Labute approximate surface area is 110 Å². The Morgan fingerprint density at radius 2 is 2.21 bits per heavy atom. The van der Waals surface area contributed by atoms with Gasteiger partial charge in [0.25, 0.3) is 0 Å². The van der Waals surface area contributed by atoms with Crippen LogP contribution in [0.3, 0.4) is 0 Å². The number of aromatic nitrogens is 4. The van der Waals surface area contributed by atoms with E-state index >= 15 is 0 Å². The summed E-state index contributed by atoms with van der Waals surface area (Å²) in [6.45, 7) is 5.40. The van der Waals surface area contributed by atoms with Crippen molar-refractivity contribution in [2.75, 3.05) is 5.32 Å². The van der Waals surface area contributed by atoms with Gasteiger partial charge in [-0.3, -0.25) is 5.32 Å². The fraction of sp³-hybridized carbons (Fsp3) is 0.333. The summed E-state index contributed by atoms with van der Waals surface area (Å²) in [4.78, 5) is 19.8. The van der Waals surface area contributed by atoms with Crippen LogP contribution >= 0.6 is 0 Å². The van der Waals surface area contributed by atoms with E-state index in [1.807, 2.05) is 0 Å². The molecule has 2 rings (SSSR count). The van der Waals surface area contributed by atoms with Crippen LogP contribution in [-0.2, 0) is 4.74 Å². The third-order valence-electron chi connectivity index (χ3n) is 2.06. The number of rotatable bonds is 2. The monoisotopic (exact) mass is 261 g/mol. The maximum atomic E-state index is 11.7. The number of anilines is 1. The molecule has 1 amide bonds. The Bertz CT molecular complexity index is 560. The number of amides is 1. The van der Waals surface area contributed by atoms with E-state index in [1.165, 1.54) is 17.3 Å². The van der Waals surface area contributed by atoms with Gasteiger partial charge in [-0.15, -0.1) is 0 Å². The third-order valence-corrected chi connectivity index (χ3v) is 2.06. The summed E-state index contributed by atoms with van der Waals surface area (Å²) in [6.07, 6.45) is 3.97. The van der Waals surface area contributed by atoms with Crippen LogP contribution in [0.4, 0.5) is 10.5 Å². The lowest BCUT2D eigenvalue weighted by molar-refractivity contribution is 0.0636. The van der Waals surface area contributed by atoms with E-state index in [9.17, 15) is 4.79 Å². The Morgan fingerprint density at radius 3 is 2.84 bits per heavy atom. The Hall–Kier alpha value is -2.44. The normalized spacial score (nSPS) is 11.1. The number of pyridine rings is 1. The van der Waals surface area contributed by atoms with Crippen LogP contribution < -0.4 is 5.32 Å². The number of ether oxygens (including phenoxy) is 1. The first kappa shape index (κ1) is 13.0. The van der Waals surface area contributed by atoms with Crippen LogP contribution in [0.2, 0.25) is 0 Å². The van der Waals surface area contributed by atoms with Crippen LogP contribution in [0.25, 0.3) is 5.82 Å². The van der Waals surface area contributed by atoms with Crippen molar-refractivity contribution >= 4 is 11.8 Å². The summed E-state index contributed by atoms with van der Waals surface area (Å²) in [6, 6.07) is 3.43. The molecule has 0 bridgehead atoms. The maximum absolute atomic E-state index is 11.7. The van der Waals surface area contributed by atoms with E-state index in [2.05, 4.69) is 20.4 Å². The average molecular weight is 261 g/mol. The zero-order chi connectivity index (χ0) is 13.9. The number of hydrogen-bond donors (Lipinski definition) is 1. The van der Waals surface area contributed by atoms with Gasteiger partial charge in [0.15, 0.2) is 5.82 Å². The van der Waals surface area contributed by atoms with Gasteiger partial charge in [0, 0.05) is 6.20 Å². The second-order valence-electron chi connectivity index (χ2n) is 4.84. The SMILES string of the molecule is CC(C)(C)OC(=O)Nc1cccnc1-n1cncn1. The van der Waals surface area contributed by atoms with Crippen molar-refractivity contribution in [1.82, 2.24) is 19.7 Å². The smallest absolute Gasteiger partial charge is 0.412 e. The van der Waals surface area contributed by atoms with E-state index in [4.69, 9.17) is 4.74 Å². The highest BCUT2D eigenvalue weighted by atomic mass is 16.6. The molecule has 2 heterocycles. The Balaban J connectivity index is 2.20. The van der Waals surface area contributed by atoms with Gasteiger partial charge < -0.3 is 4.74 Å². The lowest BCUT2D eigenvalue weighted by Gasteiger charge is -2.20. The predicted octanol–water partition coefficient (Wildman–Crippen LogP) is 2.01. The molecule has 0 aliphatic rings. The summed E-state index contributed by atoms with van der Waals surface area (Å²) < 4.78 is 6.66. The van der Waals surface area contributed by atoms with Crippen molar-refractivity contribution in [2.45, 2.75) is 26.4 Å². The molecule has 19 heavy (non-hydrogen) atoms. The van der Waals surface area contributed by atoms with Gasteiger partial charge in [0.1, 0.15) is 18.3 Å². The van der Waals surface area contributed by atoms with Gasteiger partial charge in [0.2, 0.25) is 0 Å². The van der Waals surface area contributed by atoms with Crippen LogP contribution in [0.5, 0.6) is 0 Å². The van der Waals surface area contributed by atoms with Gasteiger partial charge >= 0.3 is 6.09 Å². The molecular formula is C12H15N5O2. The molecule has 0 saturated carbocycles. The fourth-order valence-corrected chi connectivity index (χ4v) is 1.41. The first-order valence-corrected chi connectivity index (χ1v) is 5.76. The van der Waals surface area contributed by atoms with Crippen molar-refractivity contribution in [3.05, 3.63) is 31.0 Å². The lowest BCUT2D eigenvalue weighted by Crippen LogP contribution is -2.27. The first-order chi connectivity index (χ1) is 8.96. The topological polar surface area (TPSA) is 81.9 Å². The summed E-state index contributed by atoms with van der Waals surface area (Å²) in [5.74, 6) is 0.478. The van der Waals surface area contributed by atoms with E-state index < -0.39 is 11.7 Å². The summed E-state index contributed by atoms with van der Waals surface area (Å²) >= 11 is 0. The molecular weight excluding hydrogens is 246 g/mol. The molecule has 1 N–H and O–H groups in total. The average Bonchev–Trinajstić information content (AvgIpc) is 2.80. The highest BCUT2D eigenvalue weighted by molar-refractivity contribution is 5.87. The van der Waals surface area contributed by atoms with Gasteiger partial charge in [-0.25, -0.2) is 19.4 Å². The van der Waals surface area contributed by atoms with Gasteiger partial charge in [0.05, 0.1) is 5.69 Å². The molecule has 0 saturated heterocycles. The van der Waals surface area contributed by atoms with Crippen LogP contribution in [0, 0.1) is 0 Å². The third kappa shape index (κ3) is 3.51. The molecule has 2 aromatic rings. The van der Waals surface area contributed by atoms with E-state index in [-0.39, 0.29) is 0 Å². The molecule has 0 radical (unpaired) electrons. The highest BCUT2D eigenvalue weighted by Gasteiger charge is 2.17. The minimum Gasteiger partial charge on any atom is -0.444 e. The molecule has 0 aliphatic carbocycles. The highest BCUT2D eigenvalue weighted by Crippen LogP contribution is 2.17. The molecule has 100 valence electrons. The zero-order valence-electron chi connectivity index (χ0n) is 11.0. The van der Waals surface area contributed by atoms with Crippen molar-refractivity contribution in [3.63, 3.8) is 0 Å². The summed E-state index contributed by atoms with van der Waals surface area (Å²) in [7, 11) is 0. The van der Waals surface area contributed by atoms with Crippen molar-refractivity contribution < 1.29 is 9.53 Å². The second-order valence-corrected chi connectivity index (χ2v) is 4.84. The maximum Gasteiger partial charge on any atom is 0.412 e.